The maximum atomic E-state index is 12.5. The van der Waals surface area contributed by atoms with E-state index in [1.54, 1.807) is 12.0 Å². The average Bonchev–Trinajstić information content (AvgIpc) is 2.81. The first-order valence-corrected chi connectivity index (χ1v) is 7.24. The van der Waals surface area contributed by atoms with Gasteiger partial charge in [0.2, 0.25) is 0 Å². The maximum Gasteiger partial charge on any atom is 0.268 e. The molecular weight excluding hydrogens is 276 g/mol. The molecular formula is C13H20N4O2S. The molecule has 2 N–H and O–H groups in total. The molecule has 2 rings (SSSR count). The number of ether oxygens (including phenoxy) is 1. The number of thiazole rings is 1. The van der Waals surface area contributed by atoms with Crippen LogP contribution in [0.4, 0.5) is 10.9 Å². The monoisotopic (exact) mass is 296 g/mol. The third-order valence-corrected chi connectivity index (χ3v) is 4.37. The second-order valence-corrected chi connectivity index (χ2v) is 5.88. The second kappa shape index (κ2) is 6.23. The molecule has 110 valence electrons. The van der Waals surface area contributed by atoms with E-state index in [1.807, 2.05) is 19.0 Å². The van der Waals surface area contributed by atoms with Crippen LogP contribution in [0.5, 0.6) is 0 Å². The normalized spacial score (nSPS) is 15.2. The molecule has 0 radical (unpaired) electrons. The molecule has 1 aromatic heterocycles. The predicted molar refractivity (Wildman–Crippen MR) is 81.3 cm³/mol. The topological polar surface area (TPSA) is 71.7 Å². The van der Waals surface area contributed by atoms with Gasteiger partial charge in [-0.1, -0.05) is 17.4 Å². The molecule has 0 fully saturated rings. The van der Waals surface area contributed by atoms with Crippen molar-refractivity contribution in [2.45, 2.75) is 6.42 Å². The van der Waals surface area contributed by atoms with E-state index in [1.165, 1.54) is 16.9 Å². The number of hydrogen-bond donors (Lipinski definition) is 1. The minimum Gasteiger partial charge on any atom is -0.382 e. The van der Waals surface area contributed by atoms with Crippen molar-refractivity contribution in [3.63, 3.8) is 0 Å². The lowest BCUT2D eigenvalue weighted by atomic mass is 10.1. The molecule has 2 heterocycles. The zero-order valence-corrected chi connectivity index (χ0v) is 12.9. The molecule has 1 aromatic rings. The van der Waals surface area contributed by atoms with E-state index in [0.29, 0.717) is 30.4 Å². The molecule has 0 saturated heterocycles. The number of carbonyl (C=O) groups is 1. The summed E-state index contributed by atoms with van der Waals surface area (Å²) in [4.78, 5) is 20.8. The fourth-order valence-corrected chi connectivity index (χ4v) is 2.90. The Kier molecular flexibility index (Phi) is 4.61. The highest BCUT2D eigenvalue weighted by molar-refractivity contribution is 7.18. The summed E-state index contributed by atoms with van der Waals surface area (Å²) in [7, 11) is 5.44. The van der Waals surface area contributed by atoms with Crippen molar-refractivity contribution in [1.29, 1.82) is 0 Å². The number of nitrogens with two attached hydrogens (primary N) is 1. The van der Waals surface area contributed by atoms with Crippen LogP contribution in [-0.2, 0) is 4.74 Å². The molecule has 0 atom stereocenters. The SMILES string of the molecule is COCC1=CCN(C(=O)c2sc(N(C)C)nc2N)CC1. The van der Waals surface area contributed by atoms with Gasteiger partial charge in [0, 0.05) is 34.3 Å². The summed E-state index contributed by atoms with van der Waals surface area (Å²) in [5.41, 5.74) is 7.09. The van der Waals surface area contributed by atoms with E-state index in [0.717, 1.165) is 11.6 Å². The standard InChI is InChI=1S/C13H20N4O2S/c1-16(2)13-15-11(14)10(20-13)12(18)17-6-4-9(5-7-17)8-19-3/h4H,5-8,14H2,1-3H3. The van der Waals surface area contributed by atoms with E-state index in [4.69, 9.17) is 10.5 Å². The van der Waals surface area contributed by atoms with Gasteiger partial charge in [0.25, 0.3) is 5.91 Å². The average molecular weight is 296 g/mol. The van der Waals surface area contributed by atoms with E-state index in [2.05, 4.69) is 11.1 Å². The Bertz CT molecular complexity index is 524. The fourth-order valence-electron chi connectivity index (χ4n) is 2.02. The molecule has 0 aromatic carbocycles. The highest BCUT2D eigenvalue weighted by Gasteiger charge is 2.24. The van der Waals surface area contributed by atoms with Crippen LogP contribution in [0.15, 0.2) is 11.6 Å². The van der Waals surface area contributed by atoms with Gasteiger partial charge in [0.05, 0.1) is 6.61 Å². The minimum atomic E-state index is -0.0409. The summed E-state index contributed by atoms with van der Waals surface area (Å²) < 4.78 is 5.11. The Balaban J connectivity index is 2.09. The first-order valence-electron chi connectivity index (χ1n) is 6.42. The van der Waals surface area contributed by atoms with Crippen molar-refractivity contribution < 1.29 is 9.53 Å². The lowest BCUT2D eigenvalue weighted by molar-refractivity contribution is 0.0770. The minimum absolute atomic E-state index is 0.0409. The van der Waals surface area contributed by atoms with Crippen LogP contribution in [0, 0.1) is 0 Å². The highest BCUT2D eigenvalue weighted by atomic mass is 32.1. The number of hydrogen-bond acceptors (Lipinski definition) is 6. The van der Waals surface area contributed by atoms with Gasteiger partial charge in [-0.05, 0) is 12.0 Å². The molecule has 0 spiro atoms. The summed E-state index contributed by atoms with van der Waals surface area (Å²) in [6.07, 6.45) is 2.90. The number of anilines is 2. The van der Waals surface area contributed by atoms with Gasteiger partial charge in [-0.15, -0.1) is 0 Å². The van der Waals surface area contributed by atoms with Crippen molar-refractivity contribution in [2.75, 3.05) is 51.5 Å². The zero-order chi connectivity index (χ0) is 14.7. The molecule has 7 heteroatoms. The summed E-state index contributed by atoms with van der Waals surface area (Å²) in [5.74, 6) is 0.274. The lowest BCUT2D eigenvalue weighted by Crippen LogP contribution is -2.35. The van der Waals surface area contributed by atoms with Crippen molar-refractivity contribution in [3.05, 3.63) is 16.5 Å². The van der Waals surface area contributed by atoms with Crippen LogP contribution in [0.2, 0.25) is 0 Å². The van der Waals surface area contributed by atoms with E-state index in [9.17, 15) is 4.79 Å². The molecule has 6 nitrogen and oxygen atoms in total. The molecule has 0 saturated carbocycles. The molecule has 0 aliphatic carbocycles. The first-order chi connectivity index (χ1) is 9.52. The quantitative estimate of drug-likeness (QED) is 0.846. The van der Waals surface area contributed by atoms with Gasteiger partial charge in [-0.3, -0.25) is 4.79 Å². The van der Waals surface area contributed by atoms with E-state index >= 15 is 0 Å². The molecule has 0 unspecified atom stereocenters. The van der Waals surface area contributed by atoms with Gasteiger partial charge in [-0.2, -0.15) is 0 Å². The zero-order valence-electron chi connectivity index (χ0n) is 12.0. The highest BCUT2D eigenvalue weighted by Crippen LogP contribution is 2.28. The van der Waals surface area contributed by atoms with Crippen LogP contribution in [0.3, 0.4) is 0 Å². The van der Waals surface area contributed by atoms with Crippen LogP contribution in [-0.4, -0.2) is 56.7 Å². The number of carbonyl (C=O) groups excluding carboxylic acids is 1. The molecule has 0 bridgehead atoms. The van der Waals surface area contributed by atoms with Gasteiger partial charge in [0.1, 0.15) is 10.7 Å². The number of aromatic nitrogens is 1. The van der Waals surface area contributed by atoms with Crippen molar-refractivity contribution >= 4 is 28.2 Å². The Labute approximate surface area is 122 Å². The number of nitrogens with zero attached hydrogens (tertiary/aromatic N) is 3. The van der Waals surface area contributed by atoms with E-state index in [-0.39, 0.29) is 5.91 Å². The number of rotatable bonds is 4. The van der Waals surface area contributed by atoms with Crippen molar-refractivity contribution in [2.24, 2.45) is 0 Å². The molecule has 20 heavy (non-hydrogen) atoms. The summed E-state index contributed by atoms with van der Waals surface area (Å²) in [6.45, 7) is 1.93. The fraction of sp³-hybridized carbons (Fsp3) is 0.538. The Hall–Kier alpha value is -1.60. The summed E-state index contributed by atoms with van der Waals surface area (Å²) in [5, 5.41) is 0.749. The first kappa shape index (κ1) is 14.8. The van der Waals surface area contributed by atoms with Gasteiger partial charge < -0.3 is 20.3 Å². The van der Waals surface area contributed by atoms with Gasteiger partial charge in [-0.25, -0.2) is 4.98 Å². The number of nitrogen functional groups attached to an aromatic ring is 1. The van der Waals surface area contributed by atoms with Gasteiger partial charge >= 0.3 is 0 Å². The Morgan fingerprint density at radius 1 is 1.60 bits per heavy atom. The second-order valence-electron chi connectivity index (χ2n) is 4.90. The largest absolute Gasteiger partial charge is 0.382 e. The van der Waals surface area contributed by atoms with Crippen LogP contribution >= 0.6 is 11.3 Å². The van der Waals surface area contributed by atoms with Gasteiger partial charge in [0.15, 0.2) is 5.13 Å². The Morgan fingerprint density at radius 2 is 2.35 bits per heavy atom. The van der Waals surface area contributed by atoms with Crippen LogP contribution in [0.1, 0.15) is 16.1 Å². The number of methoxy groups -OCH3 is 1. The molecule has 1 aliphatic rings. The maximum absolute atomic E-state index is 12.5. The van der Waals surface area contributed by atoms with Crippen LogP contribution in [0.25, 0.3) is 0 Å². The Morgan fingerprint density at radius 3 is 2.85 bits per heavy atom. The third-order valence-electron chi connectivity index (χ3n) is 3.14. The summed E-state index contributed by atoms with van der Waals surface area (Å²) in [6, 6.07) is 0. The van der Waals surface area contributed by atoms with Crippen molar-refractivity contribution in [3.8, 4) is 0 Å². The predicted octanol–water partition coefficient (Wildman–Crippen LogP) is 1.21. The lowest BCUT2D eigenvalue weighted by Gasteiger charge is -2.25. The van der Waals surface area contributed by atoms with Crippen LogP contribution < -0.4 is 10.6 Å². The van der Waals surface area contributed by atoms with Crippen molar-refractivity contribution in [1.82, 2.24) is 9.88 Å². The smallest absolute Gasteiger partial charge is 0.268 e. The molecule has 1 amide bonds. The number of amides is 1. The molecule has 1 aliphatic heterocycles. The third kappa shape index (κ3) is 3.10. The summed E-state index contributed by atoms with van der Waals surface area (Å²) >= 11 is 1.33. The van der Waals surface area contributed by atoms with E-state index < -0.39 is 0 Å².